The van der Waals surface area contributed by atoms with Gasteiger partial charge in [-0.15, -0.1) is 0 Å². The van der Waals surface area contributed by atoms with Crippen molar-refractivity contribution in [2.24, 2.45) is 0 Å². The van der Waals surface area contributed by atoms with E-state index in [1.807, 2.05) is 0 Å². The molecule has 0 aliphatic carbocycles. The second-order valence-electron chi connectivity index (χ2n) is 10.8. The van der Waals surface area contributed by atoms with Gasteiger partial charge in [-0.3, -0.25) is 0 Å². The Balaban J connectivity index is 0.000000641. The topological polar surface area (TPSA) is 29.5 Å². The zero-order chi connectivity index (χ0) is 25.8. The largest absolute Gasteiger partial charge is 0.396 e. The summed E-state index contributed by atoms with van der Waals surface area (Å²) in [5.74, 6) is 0. The van der Waals surface area contributed by atoms with Crippen molar-refractivity contribution in [3.63, 3.8) is 0 Å². The summed E-state index contributed by atoms with van der Waals surface area (Å²) in [5, 5.41) is 8.71. The number of hydrogen-bond donors (Lipinski definition) is 1. The quantitative estimate of drug-likeness (QED) is 0.255. The van der Waals surface area contributed by atoms with E-state index in [1.54, 1.807) is 0 Å². The van der Waals surface area contributed by atoms with Gasteiger partial charge in [-0.1, -0.05) is 58.2 Å². The molecule has 0 spiro atoms. The fourth-order valence-electron chi connectivity index (χ4n) is 4.00. The summed E-state index contributed by atoms with van der Waals surface area (Å²) < 4.78 is 5.80. The Bertz CT molecular complexity index is 674. The van der Waals surface area contributed by atoms with Crippen LogP contribution in [-0.2, 0) is 4.74 Å². The molecule has 1 atom stereocenters. The van der Waals surface area contributed by atoms with E-state index in [-0.39, 0.29) is 12.2 Å². The Morgan fingerprint density at radius 1 is 0.676 bits per heavy atom. The van der Waals surface area contributed by atoms with Gasteiger partial charge in [-0.25, -0.2) is 0 Å². The van der Waals surface area contributed by atoms with Crippen molar-refractivity contribution in [3.8, 4) is 0 Å². The molecule has 0 radical (unpaired) electrons. The number of hydrogen-bond acceptors (Lipinski definition) is 2. The van der Waals surface area contributed by atoms with Gasteiger partial charge in [-0.2, -0.15) is 0 Å². The molecule has 0 amide bonds. The van der Waals surface area contributed by atoms with Crippen molar-refractivity contribution in [2.75, 3.05) is 13.2 Å². The summed E-state index contributed by atoms with van der Waals surface area (Å²) in [6, 6.07) is 0. The predicted molar refractivity (Wildman–Crippen MR) is 152 cm³/mol. The third-order valence-corrected chi connectivity index (χ3v) is 6.30. The Kier molecular flexibility index (Phi) is 19.1. The van der Waals surface area contributed by atoms with Gasteiger partial charge in [0.2, 0.25) is 0 Å². The molecule has 2 heteroatoms. The van der Waals surface area contributed by atoms with Gasteiger partial charge < -0.3 is 9.84 Å². The zero-order valence-corrected chi connectivity index (χ0v) is 23.9. The maximum absolute atomic E-state index is 8.71. The molecule has 34 heavy (non-hydrogen) atoms. The molecule has 1 heterocycles. The van der Waals surface area contributed by atoms with Crippen LogP contribution in [0.1, 0.15) is 126 Å². The van der Waals surface area contributed by atoms with E-state index < -0.39 is 0 Å². The minimum atomic E-state index is 0.163. The highest BCUT2D eigenvalue weighted by atomic mass is 16.5. The average molecular weight is 473 g/mol. The van der Waals surface area contributed by atoms with Crippen molar-refractivity contribution >= 4 is 0 Å². The van der Waals surface area contributed by atoms with Crippen molar-refractivity contribution in [2.45, 2.75) is 132 Å². The van der Waals surface area contributed by atoms with Crippen molar-refractivity contribution in [1.29, 1.82) is 0 Å². The fourth-order valence-corrected chi connectivity index (χ4v) is 4.00. The standard InChI is InChI=1S/2C16H28O/c1-14(2)8-5-9-15(3)10-6-11-16(4)12-7-13-17-16;1-14(2)8-5-9-15(3)10-6-11-16(4)12-7-13-17/h8,10H,5-7,9,11-13H2,1-4H3;8,10,12,17H,5-7,9,11,13H2,1-4H3/b15-10+;15-10+,16-12?. The maximum atomic E-state index is 8.71. The van der Waals surface area contributed by atoms with Gasteiger partial charge in [0.05, 0.1) is 5.60 Å². The number of rotatable bonds is 14. The zero-order valence-electron chi connectivity index (χ0n) is 23.9. The Morgan fingerprint density at radius 2 is 1.12 bits per heavy atom. The second-order valence-corrected chi connectivity index (χ2v) is 10.8. The Morgan fingerprint density at radius 3 is 1.53 bits per heavy atom. The van der Waals surface area contributed by atoms with Crippen LogP contribution < -0.4 is 0 Å². The molecule has 0 aromatic heterocycles. The van der Waals surface area contributed by atoms with E-state index >= 15 is 0 Å². The molecule has 1 rings (SSSR count). The van der Waals surface area contributed by atoms with E-state index in [0.29, 0.717) is 0 Å². The molecule has 0 bridgehead atoms. The molecule has 0 aromatic rings. The summed E-state index contributed by atoms with van der Waals surface area (Å²) in [5.41, 5.74) is 7.37. The molecule has 0 aromatic carbocycles. The molecular formula is C32H56O2. The Labute approximate surface area is 213 Å². The van der Waals surface area contributed by atoms with E-state index in [2.05, 4.69) is 85.8 Å². The molecular weight excluding hydrogens is 416 g/mol. The van der Waals surface area contributed by atoms with E-state index in [1.165, 1.54) is 66.4 Å². The first-order valence-electron chi connectivity index (χ1n) is 13.6. The third-order valence-electron chi connectivity index (χ3n) is 6.30. The molecule has 196 valence electrons. The normalized spacial score (nSPS) is 18.9. The van der Waals surface area contributed by atoms with Gasteiger partial charge >= 0.3 is 0 Å². The minimum absolute atomic E-state index is 0.163. The first-order chi connectivity index (χ1) is 16.1. The molecule has 1 fully saturated rings. The van der Waals surface area contributed by atoms with Crippen LogP contribution in [0.2, 0.25) is 0 Å². The highest BCUT2D eigenvalue weighted by molar-refractivity contribution is 5.05. The highest BCUT2D eigenvalue weighted by Crippen LogP contribution is 2.30. The lowest BCUT2D eigenvalue weighted by Gasteiger charge is -2.22. The summed E-state index contributed by atoms with van der Waals surface area (Å²) in [6.45, 7) is 18.7. The molecule has 0 saturated carbocycles. The number of ether oxygens (including phenoxy) is 1. The van der Waals surface area contributed by atoms with Crippen LogP contribution in [-0.4, -0.2) is 23.9 Å². The summed E-state index contributed by atoms with van der Waals surface area (Å²) in [6.07, 6.45) is 24.0. The summed E-state index contributed by atoms with van der Waals surface area (Å²) in [4.78, 5) is 0. The molecule has 1 aliphatic rings. The van der Waals surface area contributed by atoms with Crippen LogP contribution in [0.25, 0.3) is 0 Å². The summed E-state index contributed by atoms with van der Waals surface area (Å²) in [7, 11) is 0. The lowest BCUT2D eigenvalue weighted by atomic mass is 9.95. The average Bonchev–Trinajstić information content (AvgIpc) is 3.18. The lowest BCUT2D eigenvalue weighted by molar-refractivity contribution is 0.0141. The van der Waals surface area contributed by atoms with Crippen molar-refractivity contribution in [3.05, 3.63) is 58.2 Å². The van der Waals surface area contributed by atoms with Crippen molar-refractivity contribution < 1.29 is 9.84 Å². The van der Waals surface area contributed by atoms with E-state index in [0.717, 1.165) is 38.7 Å². The van der Waals surface area contributed by atoms with Gasteiger partial charge in [0.15, 0.2) is 0 Å². The van der Waals surface area contributed by atoms with Crippen LogP contribution >= 0.6 is 0 Å². The third kappa shape index (κ3) is 20.0. The monoisotopic (exact) mass is 472 g/mol. The molecule has 1 aliphatic heterocycles. The van der Waals surface area contributed by atoms with Gasteiger partial charge in [-0.05, 0) is 126 Å². The van der Waals surface area contributed by atoms with Gasteiger partial charge in [0.1, 0.15) is 0 Å². The molecule has 1 saturated heterocycles. The van der Waals surface area contributed by atoms with Crippen LogP contribution in [0, 0.1) is 0 Å². The second kappa shape index (κ2) is 19.9. The first kappa shape index (κ1) is 32.6. The maximum Gasteiger partial charge on any atom is 0.0658 e. The first-order valence-corrected chi connectivity index (χ1v) is 13.6. The SMILES string of the molecule is CC(C)=CCC/C(C)=C/CCC(C)=CCCO.CC(C)=CCC/C(C)=C/CCC1(C)CCCO1. The van der Waals surface area contributed by atoms with Gasteiger partial charge in [0, 0.05) is 13.2 Å². The molecule has 1 N–H and O–H groups in total. The summed E-state index contributed by atoms with van der Waals surface area (Å²) >= 11 is 0. The van der Waals surface area contributed by atoms with Crippen LogP contribution in [0.3, 0.4) is 0 Å². The predicted octanol–water partition coefficient (Wildman–Crippen LogP) is 9.82. The van der Waals surface area contributed by atoms with E-state index in [4.69, 9.17) is 9.84 Å². The number of allylic oxidation sites excluding steroid dienone is 9. The lowest BCUT2D eigenvalue weighted by Crippen LogP contribution is -2.22. The molecule has 2 nitrogen and oxygen atoms in total. The minimum Gasteiger partial charge on any atom is -0.396 e. The smallest absolute Gasteiger partial charge is 0.0658 e. The highest BCUT2D eigenvalue weighted by Gasteiger charge is 2.28. The fraction of sp³-hybridized carbons (Fsp3) is 0.688. The van der Waals surface area contributed by atoms with Crippen molar-refractivity contribution in [1.82, 2.24) is 0 Å². The van der Waals surface area contributed by atoms with E-state index in [9.17, 15) is 0 Å². The molecule has 1 unspecified atom stereocenters. The number of aliphatic hydroxyl groups is 1. The van der Waals surface area contributed by atoms with Crippen LogP contribution in [0.4, 0.5) is 0 Å². The van der Waals surface area contributed by atoms with Crippen LogP contribution in [0.5, 0.6) is 0 Å². The van der Waals surface area contributed by atoms with Gasteiger partial charge in [0.25, 0.3) is 0 Å². The number of aliphatic hydroxyl groups excluding tert-OH is 1. The van der Waals surface area contributed by atoms with Crippen LogP contribution in [0.15, 0.2) is 58.2 Å². The Hall–Kier alpha value is -1.38.